The van der Waals surface area contributed by atoms with Crippen molar-refractivity contribution in [2.75, 3.05) is 0 Å². The molecule has 0 atom stereocenters. The summed E-state index contributed by atoms with van der Waals surface area (Å²) >= 11 is 7.84. The monoisotopic (exact) mass is 533 g/mol. The highest BCUT2D eigenvalue weighted by Gasteiger charge is 2.23. The maximum atomic E-state index is 3.95. The van der Waals surface area contributed by atoms with E-state index in [9.17, 15) is 0 Å². The van der Waals surface area contributed by atoms with E-state index in [1.807, 2.05) is 0 Å². The van der Waals surface area contributed by atoms with Crippen LogP contribution in [0.1, 0.15) is 45.4 Å². The molecule has 3 heteroatoms. The van der Waals surface area contributed by atoms with Crippen molar-refractivity contribution in [1.82, 2.24) is 4.57 Å². The van der Waals surface area contributed by atoms with E-state index in [2.05, 4.69) is 91.9 Å². The zero-order chi connectivity index (χ0) is 21.1. The van der Waals surface area contributed by atoms with Crippen molar-refractivity contribution in [1.29, 1.82) is 0 Å². The fraction of sp³-hybridized carbons (Fsp3) is 0.286. The average Bonchev–Trinajstić information content (AvgIpc) is 3.11. The van der Waals surface area contributed by atoms with Crippen LogP contribution in [0.15, 0.2) is 57.5 Å². The van der Waals surface area contributed by atoms with Crippen LogP contribution >= 0.6 is 31.9 Å². The first-order valence-electron chi connectivity index (χ1n) is 11.5. The van der Waals surface area contributed by atoms with Gasteiger partial charge in [0.1, 0.15) is 0 Å². The zero-order valence-corrected chi connectivity index (χ0v) is 20.9. The minimum absolute atomic E-state index is 1.08. The predicted octanol–water partition coefficient (Wildman–Crippen LogP) is 10.0. The number of aromatic nitrogens is 1. The van der Waals surface area contributed by atoms with Crippen LogP contribution in [0.3, 0.4) is 0 Å². The van der Waals surface area contributed by atoms with Gasteiger partial charge >= 0.3 is 0 Å². The summed E-state index contributed by atoms with van der Waals surface area (Å²) in [6.45, 7) is 3.36. The number of hydrogen-bond acceptors (Lipinski definition) is 0. The summed E-state index contributed by atoms with van der Waals surface area (Å²) < 4.78 is 4.98. The van der Waals surface area contributed by atoms with Crippen LogP contribution in [0.2, 0.25) is 0 Å². The van der Waals surface area contributed by atoms with E-state index in [4.69, 9.17) is 0 Å². The third-order valence-corrected chi connectivity index (χ3v) is 8.29. The van der Waals surface area contributed by atoms with Crippen LogP contribution in [0.25, 0.3) is 54.1 Å². The Bertz CT molecular complexity index is 1540. The molecule has 156 valence electrons. The maximum absolute atomic E-state index is 3.95. The second-order valence-electron chi connectivity index (χ2n) is 8.89. The molecular formula is C28H25Br2N. The first-order chi connectivity index (χ1) is 15.2. The number of aryl methyl sites for hydroxylation is 1. The topological polar surface area (TPSA) is 4.93 Å². The van der Waals surface area contributed by atoms with Crippen molar-refractivity contribution >= 4 is 86.0 Å². The SMILES string of the molecule is CCCCCCCCn1c2ccc3ccc(Br)c4c5cccc6cc(Br)c1c(c65)c2c34. The highest BCUT2D eigenvalue weighted by molar-refractivity contribution is 9.11. The van der Waals surface area contributed by atoms with Crippen molar-refractivity contribution in [3.05, 3.63) is 57.5 Å². The molecule has 0 saturated carbocycles. The van der Waals surface area contributed by atoms with Gasteiger partial charge in [-0.25, -0.2) is 0 Å². The van der Waals surface area contributed by atoms with E-state index in [1.54, 1.807) is 0 Å². The third-order valence-electron chi connectivity index (χ3n) is 7.02. The van der Waals surface area contributed by atoms with E-state index in [0.29, 0.717) is 0 Å². The molecule has 0 aliphatic heterocycles. The maximum Gasteiger partial charge on any atom is 0.0642 e. The van der Waals surface area contributed by atoms with E-state index in [0.717, 1.165) is 6.54 Å². The van der Waals surface area contributed by atoms with Crippen LogP contribution in [0.4, 0.5) is 0 Å². The lowest BCUT2D eigenvalue weighted by Crippen LogP contribution is -1.98. The summed E-state index contributed by atoms with van der Waals surface area (Å²) in [6, 6.07) is 18.2. The summed E-state index contributed by atoms with van der Waals surface area (Å²) in [4.78, 5) is 0. The zero-order valence-electron chi connectivity index (χ0n) is 17.8. The van der Waals surface area contributed by atoms with Gasteiger partial charge in [0.05, 0.1) is 5.52 Å². The van der Waals surface area contributed by atoms with Crippen LogP contribution < -0.4 is 0 Å². The predicted molar refractivity (Wildman–Crippen MR) is 143 cm³/mol. The normalized spacial score (nSPS) is 12.6. The van der Waals surface area contributed by atoms with Crippen molar-refractivity contribution in [2.24, 2.45) is 0 Å². The van der Waals surface area contributed by atoms with Gasteiger partial charge in [-0.3, -0.25) is 0 Å². The second-order valence-corrected chi connectivity index (χ2v) is 10.6. The molecule has 0 radical (unpaired) electrons. The number of nitrogens with zero attached hydrogens (tertiary/aromatic N) is 1. The Labute approximate surface area is 199 Å². The highest BCUT2D eigenvalue weighted by Crippen LogP contribution is 2.49. The van der Waals surface area contributed by atoms with Crippen molar-refractivity contribution in [3.63, 3.8) is 0 Å². The quantitative estimate of drug-likeness (QED) is 0.109. The molecule has 6 aromatic rings. The van der Waals surface area contributed by atoms with Gasteiger partial charge < -0.3 is 4.57 Å². The van der Waals surface area contributed by atoms with Crippen molar-refractivity contribution in [3.8, 4) is 0 Å². The molecule has 0 unspecified atom stereocenters. The fourth-order valence-corrected chi connectivity index (χ4v) is 6.86. The minimum Gasteiger partial charge on any atom is -0.340 e. The lowest BCUT2D eigenvalue weighted by molar-refractivity contribution is 0.571. The molecule has 0 amide bonds. The first-order valence-corrected chi connectivity index (χ1v) is 13.1. The van der Waals surface area contributed by atoms with E-state index < -0.39 is 0 Å². The third kappa shape index (κ3) is 2.85. The molecule has 0 bridgehead atoms. The van der Waals surface area contributed by atoms with Gasteiger partial charge in [0.15, 0.2) is 0 Å². The molecular weight excluding hydrogens is 510 g/mol. The summed E-state index contributed by atoms with van der Waals surface area (Å²) in [5, 5.41) is 11.0. The van der Waals surface area contributed by atoms with Gasteiger partial charge in [-0.05, 0) is 62.1 Å². The molecule has 6 rings (SSSR count). The van der Waals surface area contributed by atoms with E-state index in [-0.39, 0.29) is 0 Å². The molecule has 0 aliphatic carbocycles. The Morgan fingerprint density at radius 3 is 2.35 bits per heavy atom. The van der Waals surface area contributed by atoms with E-state index in [1.165, 1.54) is 102 Å². The Hall–Kier alpha value is -1.84. The second kappa shape index (κ2) is 7.64. The fourth-order valence-electron chi connectivity index (χ4n) is 5.65. The van der Waals surface area contributed by atoms with Crippen LogP contribution in [0, 0.1) is 0 Å². The molecule has 1 aromatic heterocycles. The summed E-state index contributed by atoms with van der Waals surface area (Å²) in [5.74, 6) is 0. The number of benzene rings is 5. The number of fused-ring (bicyclic) bond motifs is 1. The molecule has 5 aromatic carbocycles. The van der Waals surface area contributed by atoms with Crippen LogP contribution in [-0.4, -0.2) is 4.57 Å². The van der Waals surface area contributed by atoms with Gasteiger partial charge in [-0.15, -0.1) is 0 Å². The Morgan fingerprint density at radius 2 is 1.48 bits per heavy atom. The molecule has 0 fully saturated rings. The Morgan fingerprint density at radius 1 is 0.677 bits per heavy atom. The smallest absolute Gasteiger partial charge is 0.0642 e. The molecule has 1 heterocycles. The van der Waals surface area contributed by atoms with Crippen molar-refractivity contribution < 1.29 is 0 Å². The minimum atomic E-state index is 1.08. The lowest BCUT2D eigenvalue weighted by atomic mass is 9.90. The molecule has 0 aliphatic rings. The molecule has 0 spiro atoms. The standard InChI is InChI=1S/C28H25Br2N/c1-2-3-4-5-6-7-15-31-22-14-12-17-11-13-20(29)25-19-10-8-9-18-16-21(30)28(31)27(23(18)19)26(22)24(17)25/h8-14,16H,2-7,15H2,1H3. The Balaban J connectivity index is 1.66. The lowest BCUT2D eigenvalue weighted by Gasteiger charge is -2.14. The van der Waals surface area contributed by atoms with Crippen LogP contribution in [0.5, 0.6) is 0 Å². The van der Waals surface area contributed by atoms with Gasteiger partial charge in [-0.2, -0.15) is 0 Å². The first kappa shape index (κ1) is 19.8. The van der Waals surface area contributed by atoms with Gasteiger partial charge in [-0.1, -0.05) is 85.3 Å². The highest BCUT2D eigenvalue weighted by atomic mass is 79.9. The number of halogens is 2. The average molecular weight is 535 g/mol. The number of unbranched alkanes of at least 4 members (excludes halogenated alkanes) is 5. The van der Waals surface area contributed by atoms with Crippen molar-refractivity contribution in [2.45, 2.75) is 52.0 Å². The summed E-state index contributed by atoms with van der Waals surface area (Å²) in [5.41, 5.74) is 2.74. The van der Waals surface area contributed by atoms with E-state index >= 15 is 0 Å². The molecule has 0 saturated heterocycles. The van der Waals surface area contributed by atoms with Gasteiger partial charge in [0.2, 0.25) is 0 Å². The van der Waals surface area contributed by atoms with Crippen LogP contribution in [-0.2, 0) is 6.54 Å². The summed E-state index contributed by atoms with van der Waals surface area (Å²) in [7, 11) is 0. The Kier molecular flexibility index (Phi) is 4.88. The largest absolute Gasteiger partial charge is 0.340 e. The summed E-state index contributed by atoms with van der Waals surface area (Å²) in [6.07, 6.45) is 7.92. The molecule has 31 heavy (non-hydrogen) atoms. The van der Waals surface area contributed by atoms with Gasteiger partial charge in [0.25, 0.3) is 0 Å². The molecule has 1 nitrogen and oxygen atoms in total. The number of hydrogen-bond donors (Lipinski definition) is 0. The molecule has 0 N–H and O–H groups in total. The van der Waals surface area contributed by atoms with Gasteiger partial charge in [0, 0.05) is 42.6 Å². The number of rotatable bonds is 7.